The van der Waals surface area contributed by atoms with Gasteiger partial charge in [0.1, 0.15) is 11.6 Å². The summed E-state index contributed by atoms with van der Waals surface area (Å²) in [6.45, 7) is 0. The first-order valence-electron chi connectivity index (χ1n) is 5.22. The molecule has 4 nitrogen and oxygen atoms in total. The Bertz CT molecular complexity index is 696. The molecular formula is C12H11FN4. The first kappa shape index (κ1) is 9.89. The number of nitrogens with two attached hydrogens (primary N) is 1. The average molecular weight is 230 g/mol. The molecule has 0 bridgehead atoms. The summed E-state index contributed by atoms with van der Waals surface area (Å²) >= 11 is 0. The molecule has 3 N–H and O–H groups in total. The van der Waals surface area contributed by atoms with E-state index in [1.54, 1.807) is 31.6 Å². The molecule has 0 spiro atoms. The van der Waals surface area contributed by atoms with E-state index in [9.17, 15) is 4.39 Å². The van der Waals surface area contributed by atoms with Crippen molar-refractivity contribution in [3.05, 3.63) is 36.4 Å². The van der Waals surface area contributed by atoms with E-state index in [4.69, 9.17) is 5.73 Å². The second kappa shape index (κ2) is 3.35. The van der Waals surface area contributed by atoms with E-state index in [2.05, 4.69) is 10.1 Å². The average Bonchev–Trinajstić information content (AvgIpc) is 2.90. The summed E-state index contributed by atoms with van der Waals surface area (Å²) in [4.78, 5) is 2.97. The number of anilines is 1. The molecule has 3 rings (SSSR count). The van der Waals surface area contributed by atoms with Crippen molar-refractivity contribution in [1.82, 2.24) is 14.8 Å². The van der Waals surface area contributed by atoms with Gasteiger partial charge in [-0.25, -0.2) is 4.39 Å². The Morgan fingerprint density at radius 1 is 1.29 bits per heavy atom. The van der Waals surface area contributed by atoms with E-state index in [0.717, 1.165) is 5.52 Å². The molecule has 2 aromatic heterocycles. The number of aromatic amines is 1. The highest BCUT2D eigenvalue weighted by Gasteiger charge is 2.14. The maximum absolute atomic E-state index is 14.3. The summed E-state index contributed by atoms with van der Waals surface area (Å²) in [5, 5.41) is 4.58. The van der Waals surface area contributed by atoms with Crippen LogP contribution in [0.2, 0.25) is 0 Å². The van der Waals surface area contributed by atoms with E-state index in [0.29, 0.717) is 22.3 Å². The molecule has 0 fully saturated rings. The zero-order chi connectivity index (χ0) is 12.0. The minimum Gasteiger partial charge on any atom is -0.383 e. The number of benzene rings is 1. The van der Waals surface area contributed by atoms with E-state index in [-0.39, 0.29) is 5.82 Å². The largest absolute Gasteiger partial charge is 0.383 e. The molecule has 0 saturated heterocycles. The summed E-state index contributed by atoms with van der Waals surface area (Å²) < 4.78 is 15.8. The Morgan fingerprint density at radius 3 is 2.82 bits per heavy atom. The minimum absolute atomic E-state index is 0.275. The highest BCUT2D eigenvalue weighted by atomic mass is 19.1. The van der Waals surface area contributed by atoms with Gasteiger partial charge in [-0.1, -0.05) is 0 Å². The monoisotopic (exact) mass is 230 g/mol. The van der Waals surface area contributed by atoms with Crippen LogP contribution in [0.4, 0.5) is 10.2 Å². The third-order valence-corrected chi connectivity index (χ3v) is 2.94. The van der Waals surface area contributed by atoms with Gasteiger partial charge in [-0.3, -0.25) is 4.68 Å². The molecule has 0 atom stereocenters. The molecule has 0 radical (unpaired) electrons. The first-order chi connectivity index (χ1) is 8.18. The van der Waals surface area contributed by atoms with Crippen LogP contribution in [0.5, 0.6) is 0 Å². The van der Waals surface area contributed by atoms with E-state index < -0.39 is 0 Å². The molecule has 0 aliphatic rings. The number of aryl methyl sites for hydroxylation is 1. The normalized spacial score (nSPS) is 11.2. The minimum atomic E-state index is -0.275. The first-order valence-corrected chi connectivity index (χ1v) is 5.22. The van der Waals surface area contributed by atoms with Crippen LogP contribution in [-0.4, -0.2) is 14.8 Å². The zero-order valence-corrected chi connectivity index (χ0v) is 9.24. The Labute approximate surface area is 96.9 Å². The van der Waals surface area contributed by atoms with Gasteiger partial charge in [0, 0.05) is 35.3 Å². The van der Waals surface area contributed by atoms with Gasteiger partial charge in [-0.05, 0) is 18.2 Å². The van der Waals surface area contributed by atoms with Crippen molar-refractivity contribution in [3.8, 4) is 11.1 Å². The smallest absolute Gasteiger partial charge is 0.140 e. The summed E-state index contributed by atoms with van der Waals surface area (Å²) in [5.74, 6) is 0.183. The van der Waals surface area contributed by atoms with Gasteiger partial charge in [0.25, 0.3) is 0 Å². The number of fused-ring (bicyclic) bond motifs is 1. The molecule has 0 unspecified atom stereocenters. The number of rotatable bonds is 1. The molecule has 2 heterocycles. The number of hydrogen-bond acceptors (Lipinski definition) is 2. The molecule has 17 heavy (non-hydrogen) atoms. The Morgan fingerprint density at radius 2 is 2.12 bits per heavy atom. The lowest BCUT2D eigenvalue weighted by Gasteiger charge is -2.03. The molecule has 5 heteroatoms. The molecular weight excluding hydrogens is 219 g/mol. The summed E-state index contributed by atoms with van der Waals surface area (Å²) in [7, 11) is 1.73. The SMILES string of the molecule is Cn1ncc(-c2ccc3[nH]ccc3c2F)c1N. The number of nitrogen functional groups attached to an aromatic ring is 1. The van der Waals surface area contributed by atoms with E-state index in [1.165, 1.54) is 4.68 Å². The molecule has 0 saturated carbocycles. The van der Waals surface area contributed by atoms with Gasteiger partial charge >= 0.3 is 0 Å². The Hall–Kier alpha value is -2.30. The van der Waals surface area contributed by atoms with E-state index >= 15 is 0 Å². The van der Waals surface area contributed by atoms with Gasteiger partial charge in [-0.2, -0.15) is 5.10 Å². The quantitative estimate of drug-likeness (QED) is 0.673. The number of aromatic nitrogens is 3. The summed E-state index contributed by atoms with van der Waals surface area (Å²) in [5.41, 5.74) is 7.71. The van der Waals surface area contributed by atoms with Gasteiger partial charge in [-0.15, -0.1) is 0 Å². The predicted octanol–water partition coefficient (Wildman–Crippen LogP) is 2.29. The van der Waals surface area contributed by atoms with Gasteiger partial charge < -0.3 is 10.7 Å². The number of halogens is 1. The fourth-order valence-corrected chi connectivity index (χ4v) is 1.96. The number of nitrogens with zero attached hydrogens (tertiary/aromatic N) is 2. The van der Waals surface area contributed by atoms with E-state index in [1.807, 2.05) is 6.07 Å². The molecule has 86 valence electrons. The van der Waals surface area contributed by atoms with Crippen LogP contribution < -0.4 is 5.73 Å². The maximum Gasteiger partial charge on any atom is 0.140 e. The van der Waals surface area contributed by atoms with Crippen LogP contribution in [-0.2, 0) is 7.05 Å². The third-order valence-electron chi connectivity index (χ3n) is 2.94. The van der Waals surface area contributed by atoms with Crippen LogP contribution >= 0.6 is 0 Å². The van der Waals surface area contributed by atoms with Crippen LogP contribution in [0.25, 0.3) is 22.0 Å². The van der Waals surface area contributed by atoms with Gasteiger partial charge in [0.05, 0.1) is 6.20 Å². The second-order valence-electron chi connectivity index (χ2n) is 3.93. The Kier molecular flexibility index (Phi) is 1.95. The summed E-state index contributed by atoms with van der Waals surface area (Å²) in [6, 6.07) is 5.25. The predicted molar refractivity (Wildman–Crippen MR) is 64.9 cm³/mol. The fraction of sp³-hybridized carbons (Fsp3) is 0.0833. The van der Waals surface area contributed by atoms with Crippen molar-refractivity contribution in [2.75, 3.05) is 5.73 Å². The molecule has 0 amide bonds. The fourth-order valence-electron chi connectivity index (χ4n) is 1.96. The zero-order valence-electron chi connectivity index (χ0n) is 9.24. The van der Waals surface area contributed by atoms with Crippen LogP contribution in [0, 0.1) is 5.82 Å². The number of hydrogen-bond donors (Lipinski definition) is 2. The highest BCUT2D eigenvalue weighted by molar-refractivity contribution is 5.87. The van der Waals surface area contributed by atoms with Crippen molar-refractivity contribution in [3.63, 3.8) is 0 Å². The topological polar surface area (TPSA) is 59.6 Å². The second-order valence-corrected chi connectivity index (χ2v) is 3.93. The maximum atomic E-state index is 14.3. The number of H-pyrrole nitrogens is 1. The van der Waals surface area contributed by atoms with Gasteiger partial charge in [0.15, 0.2) is 0 Å². The van der Waals surface area contributed by atoms with Crippen LogP contribution in [0.15, 0.2) is 30.6 Å². The summed E-state index contributed by atoms with van der Waals surface area (Å²) in [6.07, 6.45) is 3.29. The lowest BCUT2D eigenvalue weighted by atomic mass is 10.1. The molecule has 0 aliphatic heterocycles. The van der Waals surface area contributed by atoms with Crippen molar-refractivity contribution < 1.29 is 4.39 Å². The van der Waals surface area contributed by atoms with Crippen LogP contribution in [0.3, 0.4) is 0 Å². The lowest BCUT2D eigenvalue weighted by molar-refractivity contribution is 0.643. The molecule has 0 aliphatic carbocycles. The van der Waals surface area contributed by atoms with Crippen molar-refractivity contribution in [2.45, 2.75) is 0 Å². The number of nitrogens with one attached hydrogen (secondary N) is 1. The van der Waals surface area contributed by atoms with Crippen molar-refractivity contribution in [2.24, 2.45) is 7.05 Å². The highest BCUT2D eigenvalue weighted by Crippen LogP contribution is 2.31. The van der Waals surface area contributed by atoms with Gasteiger partial charge in [0.2, 0.25) is 0 Å². The van der Waals surface area contributed by atoms with Crippen LogP contribution in [0.1, 0.15) is 0 Å². The molecule has 3 aromatic rings. The standard InChI is InChI=1S/C12H11FN4/c1-17-12(14)9(6-16-17)7-2-3-10-8(11(7)13)4-5-15-10/h2-6,15H,14H2,1H3. The van der Waals surface area contributed by atoms with Crippen molar-refractivity contribution in [1.29, 1.82) is 0 Å². The Balaban J connectivity index is 2.30. The molecule has 1 aromatic carbocycles. The van der Waals surface area contributed by atoms with Crippen molar-refractivity contribution >= 4 is 16.7 Å². The lowest BCUT2D eigenvalue weighted by Crippen LogP contribution is -1.98. The third kappa shape index (κ3) is 1.32.